The Balaban J connectivity index is 2.15. The number of rotatable bonds is 3. The molecule has 0 aliphatic carbocycles. The van der Waals surface area contributed by atoms with Gasteiger partial charge in [0.2, 0.25) is 5.91 Å². The van der Waals surface area contributed by atoms with Crippen molar-refractivity contribution in [3.63, 3.8) is 0 Å². The summed E-state index contributed by atoms with van der Waals surface area (Å²) in [5, 5.41) is 12.3. The molecule has 1 saturated heterocycles. The topological polar surface area (TPSA) is 52.6 Å². The second kappa shape index (κ2) is 5.08. The molecule has 0 bridgehead atoms. The summed E-state index contributed by atoms with van der Waals surface area (Å²) in [6.07, 6.45) is 0. The molecule has 98 valence electrons. The first-order chi connectivity index (χ1) is 8.52. The molecule has 1 aliphatic heterocycles. The number of aliphatic hydroxyl groups excluding tert-OH is 1. The largest absolute Gasteiger partial charge is 0.394 e. The van der Waals surface area contributed by atoms with E-state index in [4.69, 9.17) is 0 Å². The third-order valence-electron chi connectivity index (χ3n) is 3.20. The van der Waals surface area contributed by atoms with Crippen LogP contribution in [0, 0.1) is 0 Å². The molecule has 1 heterocycles. The van der Waals surface area contributed by atoms with E-state index in [1.165, 1.54) is 0 Å². The molecular weight excluding hydrogens is 228 g/mol. The van der Waals surface area contributed by atoms with Gasteiger partial charge in [0.25, 0.3) is 0 Å². The fourth-order valence-corrected chi connectivity index (χ4v) is 2.42. The third kappa shape index (κ3) is 2.89. The lowest BCUT2D eigenvalue weighted by Crippen LogP contribution is -2.65. The van der Waals surface area contributed by atoms with Gasteiger partial charge in [0.1, 0.15) is 6.04 Å². The van der Waals surface area contributed by atoms with Crippen molar-refractivity contribution in [2.45, 2.75) is 32.0 Å². The van der Waals surface area contributed by atoms with Crippen LogP contribution in [-0.4, -0.2) is 40.6 Å². The van der Waals surface area contributed by atoms with Crippen molar-refractivity contribution in [2.24, 2.45) is 0 Å². The van der Waals surface area contributed by atoms with Crippen LogP contribution in [-0.2, 0) is 11.3 Å². The van der Waals surface area contributed by atoms with Gasteiger partial charge < -0.3 is 10.4 Å². The minimum Gasteiger partial charge on any atom is -0.394 e. The lowest BCUT2D eigenvalue weighted by Gasteiger charge is -2.43. The Bertz CT molecular complexity index is 417. The predicted octanol–water partition coefficient (Wildman–Crippen LogP) is 0.758. The molecule has 1 aromatic rings. The molecule has 0 radical (unpaired) electrons. The molecule has 4 nitrogen and oxygen atoms in total. The molecule has 18 heavy (non-hydrogen) atoms. The maximum absolute atomic E-state index is 11.9. The van der Waals surface area contributed by atoms with E-state index in [1.807, 2.05) is 49.1 Å². The Morgan fingerprint density at radius 2 is 2.06 bits per heavy atom. The third-order valence-corrected chi connectivity index (χ3v) is 3.20. The summed E-state index contributed by atoms with van der Waals surface area (Å²) in [6, 6.07) is 9.57. The molecule has 1 unspecified atom stereocenters. The monoisotopic (exact) mass is 248 g/mol. The summed E-state index contributed by atoms with van der Waals surface area (Å²) in [5.41, 5.74) is 0.902. The average molecular weight is 248 g/mol. The molecule has 1 aromatic carbocycles. The Morgan fingerprint density at radius 3 is 2.67 bits per heavy atom. The van der Waals surface area contributed by atoms with Gasteiger partial charge in [-0.15, -0.1) is 0 Å². The average Bonchev–Trinajstić information content (AvgIpc) is 2.28. The zero-order chi connectivity index (χ0) is 13.2. The number of piperazine rings is 1. The highest BCUT2D eigenvalue weighted by Gasteiger charge is 2.37. The van der Waals surface area contributed by atoms with Gasteiger partial charge in [-0.25, -0.2) is 0 Å². The van der Waals surface area contributed by atoms with Crippen LogP contribution in [0.3, 0.4) is 0 Å². The highest BCUT2D eigenvalue weighted by Crippen LogP contribution is 2.18. The number of hydrogen-bond acceptors (Lipinski definition) is 3. The minimum absolute atomic E-state index is 0.0929. The van der Waals surface area contributed by atoms with Crippen LogP contribution in [0.15, 0.2) is 30.3 Å². The molecule has 0 aromatic heterocycles. The summed E-state index contributed by atoms with van der Waals surface area (Å²) in [5.74, 6) is -0.0929. The Kier molecular flexibility index (Phi) is 3.68. The fraction of sp³-hybridized carbons (Fsp3) is 0.500. The number of hydrogen-bond donors (Lipinski definition) is 2. The molecule has 1 fully saturated rings. The SMILES string of the molecule is CC1(C)CN(Cc2ccccc2)C(CO)C(=O)N1. The van der Waals surface area contributed by atoms with Crippen LogP contribution in [0.1, 0.15) is 19.4 Å². The second-order valence-corrected chi connectivity index (χ2v) is 5.46. The molecule has 0 saturated carbocycles. The Hall–Kier alpha value is -1.39. The van der Waals surface area contributed by atoms with Crippen LogP contribution < -0.4 is 5.32 Å². The normalized spacial score (nSPS) is 23.7. The van der Waals surface area contributed by atoms with E-state index < -0.39 is 6.04 Å². The summed E-state index contributed by atoms with van der Waals surface area (Å²) in [6.45, 7) is 5.27. The molecule has 1 aliphatic rings. The molecule has 0 spiro atoms. The first-order valence-electron chi connectivity index (χ1n) is 6.23. The summed E-state index contributed by atoms with van der Waals surface area (Å²) < 4.78 is 0. The Morgan fingerprint density at radius 1 is 1.39 bits per heavy atom. The summed E-state index contributed by atoms with van der Waals surface area (Å²) in [7, 11) is 0. The number of aliphatic hydroxyl groups is 1. The standard InChI is InChI=1S/C14H20N2O2/c1-14(2)10-16(12(9-17)13(18)15-14)8-11-6-4-3-5-7-11/h3-7,12,17H,8-10H2,1-2H3,(H,15,18). The maximum Gasteiger partial charge on any atom is 0.240 e. The van der Waals surface area contributed by atoms with Crippen LogP contribution in [0.25, 0.3) is 0 Å². The maximum atomic E-state index is 11.9. The smallest absolute Gasteiger partial charge is 0.240 e. The van der Waals surface area contributed by atoms with Crippen molar-refractivity contribution in [2.75, 3.05) is 13.2 Å². The van der Waals surface area contributed by atoms with Crippen molar-refractivity contribution in [3.05, 3.63) is 35.9 Å². The van der Waals surface area contributed by atoms with Gasteiger partial charge in [-0.2, -0.15) is 0 Å². The van der Waals surface area contributed by atoms with E-state index in [0.29, 0.717) is 6.54 Å². The number of nitrogens with zero attached hydrogens (tertiary/aromatic N) is 1. The van der Waals surface area contributed by atoms with Gasteiger partial charge in [0, 0.05) is 18.6 Å². The van der Waals surface area contributed by atoms with Gasteiger partial charge in [-0.1, -0.05) is 30.3 Å². The lowest BCUT2D eigenvalue weighted by atomic mass is 9.97. The van der Waals surface area contributed by atoms with E-state index in [0.717, 1.165) is 12.1 Å². The van der Waals surface area contributed by atoms with Crippen molar-refractivity contribution in [1.29, 1.82) is 0 Å². The molecule has 2 rings (SSSR count). The van der Waals surface area contributed by atoms with E-state index in [-0.39, 0.29) is 18.1 Å². The molecule has 4 heteroatoms. The molecule has 2 N–H and O–H groups in total. The minimum atomic E-state index is -0.446. The summed E-state index contributed by atoms with van der Waals surface area (Å²) in [4.78, 5) is 14.0. The van der Waals surface area contributed by atoms with E-state index in [1.54, 1.807) is 0 Å². The highest BCUT2D eigenvalue weighted by atomic mass is 16.3. The molecule has 1 atom stereocenters. The van der Waals surface area contributed by atoms with Gasteiger partial charge in [0.15, 0.2) is 0 Å². The number of carbonyl (C=O) groups excluding carboxylic acids is 1. The van der Waals surface area contributed by atoms with E-state index in [9.17, 15) is 9.90 Å². The first-order valence-corrected chi connectivity index (χ1v) is 6.23. The Labute approximate surface area is 108 Å². The molecule has 1 amide bonds. The highest BCUT2D eigenvalue weighted by molar-refractivity contribution is 5.83. The van der Waals surface area contributed by atoms with Crippen molar-refractivity contribution in [3.8, 4) is 0 Å². The molecular formula is C14H20N2O2. The zero-order valence-electron chi connectivity index (χ0n) is 10.9. The van der Waals surface area contributed by atoms with Gasteiger partial charge in [-0.3, -0.25) is 9.69 Å². The number of amides is 1. The fourth-order valence-electron chi connectivity index (χ4n) is 2.42. The van der Waals surface area contributed by atoms with Gasteiger partial charge in [-0.05, 0) is 19.4 Å². The van der Waals surface area contributed by atoms with Crippen LogP contribution in [0.2, 0.25) is 0 Å². The van der Waals surface area contributed by atoms with Gasteiger partial charge in [0.05, 0.1) is 6.61 Å². The second-order valence-electron chi connectivity index (χ2n) is 5.46. The van der Waals surface area contributed by atoms with Crippen LogP contribution in [0.4, 0.5) is 0 Å². The van der Waals surface area contributed by atoms with E-state index >= 15 is 0 Å². The lowest BCUT2D eigenvalue weighted by molar-refractivity contribution is -0.135. The van der Waals surface area contributed by atoms with Crippen molar-refractivity contribution >= 4 is 5.91 Å². The van der Waals surface area contributed by atoms with Crippen LogP contribution >= 0.6 is 0 Å². The van der Waals surface area contributed by atoms with Crippen molar-refractivity contribution in [1.82, 2.24) is 10.2 Å². The number of carbonyl (C=O) groups is 1. The van der Waals surface area contributed by atoms with E-state index in [2.05, 4.69) is 5.32 Å². The number of benzene rings is 1. The predicted molar refractivity (Wildman–Crippen MR) is 69.9 cm³/mol. The van der Waals surface area contributed by atoms with Crippen LogP contribution in [0.5, 0.6) is 0 Å². The van der Waals surface area contributed by atoms with Crippen molar-refractivity contribution < 1.29 is 9.90 Å². The zero-order valence-corrected chi connectivity index (χ0v) is 10.9. The quantitative estimate of drug-likeness (QED) is 0.830. The summed E-state index contributed by atoms with van der Waals surface area (Å²) >= 11 is 0. The van der Waals surface area contributed by atoms with Gasteiger partial charge >= 0.3 is 0 Å². The first kappa shape index (κ1) is 13.1. The number of nitrogens with one attached hydrogen (secondary N) is 1.